The van der Waals surface area contributed by atoms with Gasteiger partial charge in [0.05, 0.1) is 7.11 Å². The number of likely N-dealkylation sites (tertiary alicyclic amines) is 1. The van der Waals surface area contributed by atoms with Crippen LogP contribution in [0.3, 0.4) is 0 Å². The van der Waals surface area contributed by atoms with Gasteiger partial charge in [-0.15, -0.1) is 0 Å². The zero-order valence-electron chi connectivity index (χ0n) is 15.0. The van der Waals surface area contributed by atoms with E-state index in [1.807, 2.05) is 31.3 Å². The van der Waals surface area contributed by atoms with E-state index in [9.17, 15) is 0 Å². The maximum absolute atomic E-state index is 6.31. The highest BCUT2D eigenvalue weighted by atomic mass is 16.5. The van der Waals surface area contributed by atoms with E-state index in [0.717, 1.165) is 25.9 Å². The van der Waals surface area contributed by atoms with Gasteiger partial charge in [0.1, 0.15) is 12.0 Å². The first-order valence-corrected chi connectivity index (χ1v) is 8.43. The Bertz CT molecular complexity index is 716. The fourth-order valence-electron chi connectivity index (χ4n) is 3.10. The van der Waals surface area contributed by atoms with E-state index in [1.54, 1.807) is 7.11 Å². The molecule has 0 unspecified atom stereocenters. The SMILES string of the molecule is COc1ccccc1Oc1ncnc(N(C)C2CCN(C)CC2)c1N. The van der Waals surface area contributed by atoms with Gasteiger partial charge in [0, 0.05) is 13.1 Å². The molecule has 7 heteroatoms. The Labute approximate surface area is 148 Å². The molecule has 1 aliphatic heterocycles. The molecule has 7 nitrogen and oxygen atoms in total. The third-order valence-electron chi connectivity index (χ3n) is 4.67. The number of piperidine rings is 1. The summed E-state index contributed by atoms with van der Waals surface area (Å²) in [6, 6.07) is 7.82. The normalized spacial score (nSPS) is 15.8. The number of rotatable bonds is 5. The van der Waals surface area contributed by atoms with E-state index in [1.165, 1.54) is 6.33 Å². The van der Waals surface area contributed by atoms with Gasteiger partial charge in [0.15, 0.2) is 17.3 Å². The first-order chi connectivity index (χ1) is 12.1. The average molecular weight is 343 g/mol. The first-order valence-electron chi connectivity index (χ1n) is 8.43. The minimum absolute atomic E-state index is 0.342. The van der Waals surface area contributed by atoms with Gasteiger partial charge in [-0.2, -0.15) is 4.98 Å². The van der Waals surface area contributed by atoms with Gasteiger partial charge in [-0.1, -0.05) is 12.1 Å². The second kappa shape index (κ2) is 7.57. The van der Waals surface area contributed by atoms with Crippen molar-refractivity contribution in [1.82, 2.24) is 14.9 Å². The second-order valence-corrected chi connectivity index (χ2v) is 6.31. The largest absolute Gasteiger partial charge is 0.493 e. The van der Waals surface area contributed by atoms with E-state index >= 15 is 0 Å². The quantitative estimate of drug-likeness (QED) is 0.893. The van der Waals surface area contributed by atoms with Crippen LogP contribution in [0.4, 0.5) is 11.5 Å². The molecule has 0 bridgehead atoms. The first kappa shape index (κ1) is 17.3. The summed E-state index contributed by atoms with van der Waals surface area (Å²) in [5.41, 5.74) is 6.75. The zero-order chi connectivity index (χ0) is 17.8. The van der Waals surface area contributed by atoms with Gasteiger partial charge >= 0.3 is 0 Å². The molecule has 2 N–H and O–H groups in total. The van der Waals surface area contributed by atoms with Crippen molar-refractivity contribution in [2.45, 2.75) is 18.9 Å². The van der Waals surface area contributed by atoms with Crippen LogP contribution < -0.4 is 20.1 Å². The number of nitrogens with two attached hydrogens (primary N) is 1. The Morgan fingerprint density at radius 1 is 1.16 bits per heavy atom. The zero-order valence-corrected chi connectivity index (χ0v) is 15.0. The van der Waals surface area contributed by atoms with Crippen molar-refractivity contribution in [1.29, 1.82) is 0 Å². The fourth-order valence-corrected chi connectivity index (χ4v) is 3.10. The summed E-state index contributed by atoms with van der Waals surface area (Å²) in [7, 11) is 5.78. The van der Waals surface area contributed by atoms with Crippen LogP contribution in [0.1, 0.15) is 12.8 Å². The van der Waals surface area contributed by atoms with Crippen LogP contribution in [0.2, 0.25) is 0 Å². The molecule has 1 aromatic heterocycles. The predicted molar refractivity (Wildman–Crippen MR) is 98.4 cm³/mol. The summed E-state index contributed by atoms with van der Waals surface area (Å²) in [5.74, 6) is 2.25. The molecule has 2 aromatic rings. The number of hydrogen-bond donors (Lipinski definition) is 1. The summed E-state index contributed by atoms with van der Waals surface area (Å²) in [6.07, 6.45) is 3.65. The number of methoxy groups -OCH3 is 1. The lowest BCUT2D eigenvalue weighted by Gasteiger charge is -2.36. The summed E-state index contributed by atoms with van der Waals surface area (Å²) >= 11 is 0. The van der Waals surface area contributed by atoms with E-state index in [4.69, 9.17) is 15.2 Å². The molecule has 0 atom stereocenters. The summed E-state index contributed by atoms with van der Waals surface area (Å²) in [5, 5.41) is 0. The van der Waals surface area contributed by atoms with Crippen molar-refractivity contribution >= 4 is 11.5 Å². The average Bonchev–Trinajstić information content (AvgIpc) is 2.64. The van der Waals surface area contributed by atoms with Crippen molar-refractivity contribution < 1.29 is 9.47 Å². The van der Waals surface area contributed by atoms with Crippen LogP contribution in [0.25, 0.3) is 0 Å². The number of nitrogens with zero attached hydrogens (tertiary/aromatic N) is 4. The number of para-hydroxylation sites is 2. The maximum Gasteiger partial charge on any atom is 0.248 e. The van der Waals surface area contributed by atoms with Crippen molar-refractivity contribution in [3.63, 3.8) is 0 Å². The molecule has 0 amide bonds. The highest BCUT2D eigenvalue weighted by Crippen LogP contribution is 2.36. The molecule has 134 valence electrons. The minimum atomic E-state index is 0.342. The molecule has 25 heavy (non-hydrogen) atoms. The predicted octanol–water partition coefficient (Wildman–Crippen LogP) is 2.39. The van der Waals surface area contributed by atoms with Crippen molar-refractivity contribution in [2.75, 3.05) is 44.9 Å². The summed E-state index contributed by atoms with van der Waals surface area (Å²) in [4.78, 5) is 13.1. The minimum Gasteiger partial charge on any atom is -0.493 e. The summed E-state index contributed by atoms with van der Waals surface area (Å²) in [6.45, 7) is 2.15. The smallest absolute Gasteiger partial charge is 0.248 e. The molecule has 3 rings (SSSR count). The summed E-state index contributed by atoms with van der Waals surface area (Å²) < 4.78 is 11.2. The number of ether oxygens (including phenoxy) is 2. The lowest BCUT2D eigenvalue weighted by molar-refractivity contribution is 0.252. The van der Waals surface area contributed by atoms with Crippen LogP contribution in [-0.2, 0) is 0 Å². The number of benzene rings is 1. The monoisotopic (exact) mass is 343 g/mol. The topological polar surface area (TPSA) is 76.7 Å². The van der Waals surface area contributed by atoms with Gasteiger partial charge in [0.25, 0.3) is 0 Å². The molecule has 0 saturated carbocycles. The van der Waals surface area contributed by atoms with E-state index in [0.29, 0.717) is 34.9 Å². The maximum atomic E-state index is 6.31. The van der Waals surface area contributed by atoms with Crippen LogP contribution in [0.5, 0.6) is 17.4 Å². The van der Waals surface area contributed by atoms with Crippen LogP contribution in [-0.4, -0.2) is 55.2 Å². The molecule has 0 spiro atoms. The molecule has 2 heterocycles. The van der Waals surface area contributed by atoms with E-state index in [-0.39, 0.29) is 0 Å². The second-order valence-electron chi connectivity index (χ2n) is 6.31. The molecular weight excluding hydrogens is 318 g/mol. The molecule has 0 aliphatic carbocycles. The van der Waals surface area contributed by atoms with Gasteiger partial charge in [-0.3, -0.25) is 0 Å². The lowest BCUT2D eigenvalue weighted by Crippen LogP contribution is -2.42. The molecule has 1 fully saturated rings. The highest BCUT2D eigenvalue weighted by Gasteiger charge is 2.24. The van der Waals surface area contributed by atoms with Gasteiger partial charge in [-0.05, 0) is 45.1 Å². The number of aromatic nitrogens is 2. The van der Waals surface area contributed by atoms with Crippen LogP contribution >= 0.6 is 0 Å². The fraction of sp³-hybridized carbons (Fsp3) is 0.444. The molecule has 1 aromatic carbocycles. The third kappa shape index (κ3) is 3.76. The number of nitrogen functional groups attached to an aromatic ring is 1. The Kier molecular flexibility index (Phi) is 5.23. The van der Waals surface area contributed by atoms with Gasteiger partial charge < -0.3 is 25.0 Å². The van der Waals surface area contributed by atoms with E-state index < -0.39 is 0 Å². The van der Waals surface area contributed by atoms with Crippen molar-refractivity contribution in [2.24, 2.45) is 0 Å². The standard InChI is InChI=1S/C18H25N5O2/c1-22-10-8-13(9-11-22)23(2)17-16(19)18(21-12-20-17)25-15-7-5-4-6-14(15)24-3/h4-7,12-13H,8-11,19H2,1-3H3. The van der Waals surface area contributed by atoms with Gasteiger partial charge in [0.2, 0.25) is 5.88 Å². The third-order valence-corrected chi connectivity index (χ3v) is 4.67. The Morgan fingerprint density at radius 3 is 2.52 bits per heavy atom. The Hall–Kier alpha value is -2.54. The molecular formula is C18H25N5O2. The van der Waals surface area contributed by atoms with E-state index in [2.05, 4.69) is 26.8 Å². The Balaban J connectivity index is 1.82. The Morgan fingerprint density at radius 2 is 1.84 bits per heavy atom. The number of hydrogen-bond acceptors (Lipinski definition) is 7. The van der Waals surface area contributed by atoms with Crippen LogP contribution in [0, 0.1) is 0 Å². The number of anilines is 2. The van der Waals surface area contributed by atoms with Crippen molar-refractivity contribution in [3.05, 3.63) is 30.6 Å². The lowest BCUT2D eigenvalue weighted by atomic mass is 10.0. The molecule has 1 saturated heterocycles. The van der Waals surface area contributed by atoms with Crippen LogP contribution in [0.15, 0.2) is 30.6 Å². The van der Waals surface area contributed by atoms with Gasteiger partial charge in [-0.25, -0.2) is 4.98 Å². The highest BCUT2D eigenvalue weighted by molar-refractivity contribution is 5.68. The molecule has 0 radical (unpaired) electrons. The molecule has 1 aliphatic rings. The van der Waals surface area contributed by atoms with Crippen molar-refractivity contribution in [3.8, 4) is 17.4 Å².